The second kappa shape index (κ2) is 7.24. The molecule has 0 heterocycles. The van der Waals surface area contributed by atoms with Crippen LogP contribution >= 0.6 is 0 Å². The van der Waals surface area contributed by atoms with Crippen LogP contribution < -0.4 is 55.1 Å². The van der Waals surface area contributed by atoms with E-state index in [1.54, 1.807) is 0 Å². The maximum Gasteiger partial charge on any atom is 1.00 e. The molecule has 0 amide bonds. The molecule has 10 nitrogen and oxygen atoms in total. The number of fused-ring (bicyclic) bond motifs is 1. The fraction of sp³-hybridized carbons (Fsp3) is 0. The molecule has 0 aliphatic rings. The fourth-order valence-electron chi connectivity index (χ4n) is 1.97. The Bertz CT molecular complexity index is 1060. The van der Waals surface area contributed by atoms with Crippen LogP contribution in [0.25, 0.3) is 10.8 Å². The zero-order valence-corrected chi connectivity index (χ0v) is 17.5. The SMILES string of the molecule is O=S(=O)(O)c1ccc2ccccc2c1N(S(=O)(=O)[O-])S(=O)(=O)O.[K+]. The zero-order valence-electron chi connectivity index (χ0n) is 11.9. The number of benzene rings is 2. The van der Waals surface area contributed by atoms with Crippen molar-refractivity contribution in [2.24, 2.45) is 0 Å². The van der Waals surface area contributed by atoms with Crippen LogP contribution in [0, 0.1) is 0 Å². The van der Waals surface area contributed by atoms with Crippen molar-refractivity contribution in [3.8, 4) is 0 Å². The molecule has 2 rings (SSSR count). The molecule has 0 fully saturated rings. The van der Waals surface area contributed by atoms with E-state index in [2.05, 4.69) is 0 Å². The summed E-state index contributed by atoms with van der Waals surface area (Å²) < 4.78 is 96.5. The topological polar surface area (TPSA) is 169 Å². The second-order valence-corrected chi connectivity index (χ2v) is 8.34. The van der Waals surface area contributed by atoms with Crippen molar-refractivity contribution in [3.05, 3.63) is 36.4 Å². The molecule has 0 unspecified atom stereocenters. The average Bonchev–Trinajstić information content (AvgIpc) is 2.34. The fourth-order valence-corrected chi connectivity index (χ4v) is 4.55. The Morgan fingerprint density at radius 2 is 1.42 bits per heavy atom. The van der Waals surface area contributed by atoms with E-state index in [4.69, 9.17) is 4.55 Å². The summed E-state index contributed by atoms with van der Waals surface area (Å²) in [6.07, 6.45) is 0. The Morgan fingerprint density at radius 3 is 1.88 bits per heavy atom. The number of rotatable bonds is 4. The van der Waals surface area contributed by atoms with E-state index in [1.807, 2.05) is 0 Å². The van der Waals surface area contributed by atoms with Gasteiger partial charge in [0.25, 0.3) is 10.1 Å². The van der Waals surface area contributed by atoms with Crippen molar-refractivity contribution in [2.75, 3.05) is 3.71 Å². The third kappa shape index (κ3) is 4.53. The molecule has 0 aliphatic heterocycles. The van der Waals surface area contributed by atoms with Crippen LogP contribution in [0.4, 0.5) is 5.69 Å². The minimum absolute atomic E-state index is 0. The summed E-state index contributed by atoms with van der Waals surface area (Å²) in [5.41, 5.74) is -1.19. The average molecular weight is 421 g/mol. The molecule has 126 valence electrons. The molecular weight excluding hydrogens is 413 g/mol. The Labute approximate surface area is 180 Å². The van der Waals surface area contributed by atoms with Gasteiger partial charge in [-0.15, -0.1) is 3.71 Å². The monoisotopic (exact) mass is 421 g/mol. The Hall–Kier alpha value is -0.134. The van der Waals surface area contributed by atoms with Gasteiger partial charge in [0, 0.05) is 5.39 Å². The van der Waals surface area contributed by atoms with Gasteiger partial charge in [-0.25, -0.2) is 8.42 Å². The maximum atomic E-state index is 11.4. The summed E-state index contributed by atoms with van der Waals surface area (Å²) in [7, 11) is -16.7. The van der Waals surface area contributed by atoms with E-state index in [9.17, 15) is 34.4 Å². The first-order chi connectivity index (χ1) is 10.3. The van der Waals surface area contributed by atoms with E-state index in [-0.39, 0.29) is 62.2 Å². The predicted molar refractivity (Wildman–Crippen MR) is 77.5 cm³/mol. The molecule has 0 aliphatic carbocycles. The smallest absolute Gasteiger partial charge is 0.730 e. The number of hydrogen-bond acceptors (Lipinski definition) is 7. The van der Waals surface area contributed by atoms with E-state index < -0.39 is 45.0 Å². The Morgan fingerprint density at radius 1 is 0.875 bits per heavy atom. The summed E-state index contributed by atoms with van der Waals surface area (Å²) in [4.78, 5) is -1.17. The van der Waals surface area contributed by atoms with Gasteiger partial charge >= 0.3 is 61.7 Å². The summed E-state index contributed by atoms with van der Waals surface area (Å²) in [6, 6.07) is 7.12. The molecular formula is C10H8KNO9S3. The minimum atomic E-state index is -5.88. The summed E-state index contributed by atoms with van der Waals surface area (Å²) >= 11 is 0. The molecule has 0 radical (unpaired) electrons. The van der Waals surface area contributed by atoms with Crippen LogP contribution in [-0.2, 0) is 30.7 Å². The van der Waals surface area contributed by atoms with Crippen molar-refractivity contribution in [2.45, 2.75) is 4.90 Å². The van der Waals surface area contributed by atoms with Gasteiger partial charge in [-0.05, 0) is 11.5 Å². The molecule has 0 bridgehead atoms. The molecule has 0 aromatic heterocycles. The maximum absolute atomic E-state index is 11.4. The van der Waals surface area contributed by atoms with Gasteiger partial charge in [0.1, 0.15) is 4.90 Å². The van der Waals surface area contributed by atoms with Gasteiger partial charge in [0.05, 0.1) is 5.69 Å². The molecule has 0 saturated carbocycles. The van der Waals surface area contributed by atoms with E-state index in [1.165, 1.54) is 18.2 Å². The first-order valence-corrected chi connectivity index (χ1v) is 9.76. The van der Waals surface area contributed by atoms with Crippen LogP contribution in [0.5, 0.6) is 0 Å². The van der Waals surface area contributed by atoms with Crippen molar-refractivity contribution < 1.29 is 90.3 Å². The van der Waals surface area contributed by atoms with Gasteiger partial charge in [0.15, 0.2) is 10.3 Å². The number of hydrogen-bond donors (Lipinski definition) is 2. The quantitative estimate of drug-likeness (QED) is 0.390. The van der Waals surface area contributed by atoms with Crippen LogP contribution in [-0.4, -0.2) is 38.9 Å². The van der Waals surface area contributed by atoms with Crippen molar-refractivity contribution in [1.82, 2.24) is 0 Å². The standard InChI is InChI=1S/C10H9NO9S3.K/c12-21(13,14)9-6-5-7-3-1-2-4-8(7)10(9)11(22(15,16)17)23(18,19)20;/h1-6H,(H,12,13,14)(H,15,16,17)(H,18,19,20);/q;+1/p-1. The molecule has 14 heteroatoms. The van der Waals surface area contributed by atoms with E-state index in [0.717, 1.165) is 12.1 Å². The number of nitrogens with zero attached hydrogens (tertiary/aromatic N) is 1. The van der Waals surface area contributed by atoms with Crippen LogP contribution in [0.1, 0.15) is 0 Å². The van der Waals surface area contributed by atoms with Gasteiger partial charge in [-0.2, -0.15) is 16.8 Å². The largest absolute Gasteiger partial charge is 1.00 e. The van der Waals surface area contributed by atoms with E-state index >= 15 is 0 Å². The van der Waals surface area contributed by atoms with Gasteiger partial charge < -0.3 is 4.55 Å². The molecule has 0 saturated heterocycles. The van der Waals surface area contributed by atoms with Crippen LogP contribution in [0.15, 0.2) is 41.3 Å². The van der Waals surface area contributed by atoms with E-state index in [0.29, 0.717) is 6.07 Å². The first-order valence-electron chi connectivity index (χ1n) is 5.56. The van der Waals surface area contributed by atoms with Gasteiger partial charge in [-0.1, -0.05) is 30.3 Å². The van der Waals surface area contributed by atoms with Crippen LogP contribution in [0.2, 0.25) is 0 Å². The zero-order chi connectivity index (χ0) is 17.6. The Balaban J connectivity index is 0.00000288. The predicted octanol–water partition coefficient (Wildman–Crippen LogP) is -2.84. The first kappa shape index (κ1) is 21.9. The molecule has 2 N–H and O–H groups in total. The third-order valence-corrected chi connectivity index (χ3v) is 5.93. The third-order valence-electron chi connectivity index (χ3n) is 2.74. The van der Waals surface area contributed by atoms with Gasteiger partial charge in [0.2, 0.25) is 0 Å². The summed E-state index contributed by atoms with van der Waals surface area (Å²) in [5.74, 6) is 0. The summed E-state index contributed by atoms with van der Waals surface area (Å²) in [5, 5.41) is -0.146. The molecule has 24 heavy (non-hydrogen) atoms. The Kier molecular flexibility index (Phi) is 6.61. The van der Waals surface area contributed by atoms with Crippen LogP contribution in [0.3, 0.4) is 0 Å². The second-order valence-electron chi connectivity index (χ2n) is 4.24. The van der Waals surface area contributed by atoms with Crippen molar-refractivity contribution in [3.63, 3.8) is 0 Å². The molecule has 0 atom stereocenters. The summed E-state index contributed by atoms with van der Waals surface area (Å²) in [6.45, 7) is 0. The molecule has 0 spiro atoms. The number of anilines is 1. The van der Waals surface area contributed by atoms with Gasteiger partial charge in [-0.3, -0.25) is 9.11 Å². The normalized spacial score (nSPS) is 12.6. The minimum Gasteiger partial charge on any atom is -0.730 e. The van der Waals surface area contributed by atoms with Crippen molar-refractivity contribution >= 4 is 47.2 Å². The van der Waals surface area contributed by atoms with Crippen molar-refractivity contribution in [1.29, 1.82) is 0 Å². The molecule has 2 aromatic rings. The molecule has 2 aromatic carbocycles.